The summed E-state index contributed by atoms with van der Waals surface area (Å²) in [6, 6.07) is 14.9. The van der Waals surface area contributed by atoms with Crippen molar-refractivity contribution in [2.45, 2.75) is 12.8 Å². The molecule has 0 aliphatic heterocycles. The van der Waals surface area contributed by atoms with Crippen molar-refractivity contribution in [3.05, 3.63) is 69.7 Å². The third kappa shape index (κ3) is 6.60. The topological polar surface area (TPSA) is 43.2 Å². The highest BCUT2D eigenvalue weighted by Gasteiger charge is 1.95. The largest absolute Gasteiger partial charge is 0.396 e. The number of rotatable bonds is 9. The number of nitrogens with zero attached hydrogens (tertiary/aromatic N) is 2. The van der Waals surface area contributed by atoms with Crippen molar-refractivity contribution in [3.8, 4) is 0 Å². The van der Waals surface area contributed by atoms with Crippen LogP contribution in [-0.2, 0) is 9.68 Å². The van der Waals surface area contributed by atoms with Crippen molar-refractivity contribution < 1.29 is 9.68 Å². The van der Waals surface area contributed by atoms with E-state index in [0.29, 0.717) is 23.3 Å². The van der Waals surface area contributed by atoms with E-state index in [1.54, 1.807) is 12.4 Å². The molecule has 24 heavy (non-hydrogen) atoms. The van der Waals surface area contributed by atoms with Crippen LogP contribution in [0.1, 0.15) is 24.0 Å². The first-order valence-corrected chi connectivity index (χ1v) is 8.32. The second-order valence-electron chi connectivity index (χ2n) is 4.89. The maximum absolute atomic E-state index is 6.00. The Hall–Kier alpha value is -2.04. The number of unbranched alkanes of at least 4 members (excludes halogenated alkanes) is 1. The molecule has 0 unspecified atom stereocenters. The Labute approximate surface area is 151 Å². The van der Waals surface area contributed by atoms with Gasteiger partial charge in [-0.15, -0.1) is 0 Å². The van der Waals surface area contributed by atoms with Crippen LogP contribution in [0.25, 0.3) is 0 Å². The molecule has 0 saturated carbocycles. The molecule has 0 atom stereocenters. The molecular formula is C18H18Cl2N2O2. The van der Waals surface area contributed by atoms with Crippen molar-refractivity contribution in [1.82, 2.24) is 0 Å². The molecule has 126 valence electrons. The first kappa shape index (κ1) is 18.3. The van der Waals surface area contributed by atoms with Gasteiger partial charge in [-0.2, -0.15) is 0 Å². The van der Waals surface area contributed by atoms with E-state index < -0.39 is 0 Å². The van der Waals surface area contributed by atoms with Gasteiger partial charge in [-0.05, 0) is 25.0 Å². The van der Waals surface area contributed by atoms with E-state index in [1.807, 2.05) is 48.5 Å². The van der Waals surface area contributed by atoms with Gasteiger partial charge in [-0.1, -0.05) is 69.9 Å². The molecule has 4 nitrogen and oxygen atoms in total. The molecule has 0 aliphatic rings. The molecule has 0 heterocycles. The standard InChI is InChI=1S/C18H18Cl2N2O2/c19-17-9-3-1-7-15(17)13-21-23-11-5-6-12-24-22-14-16-8-2-4-10-18(16)20/h1-4,7-10,13-14H,5-6,11-12H2/b21-13+,22-14+. The molecule has 2 rings (SSSR count). The molecule has 0 radical (unpaired) electrons. The SMILES string of the molecule is Clc1ccccc1/C=N/OCCCCO/N=C/c1ccccc1Cl. The van der Waals surface area contributed by atoms with Gasteiger partial charge in [0.25, 0.3) is 0 Å². The summed E-state index contributed by atoms with van der Waals surface area (Å²) < 4.78 is 0. The van der Waals surface area contributed by atoms with Crippen molar-refractivity contribution >= 4 is 35.6 Å². The fourth-order valence-electron chi connectivity index (χ4n) is 1.79. The Balaban J connectivity index is 1.54. The third-order valence-corrected chi connectivity index (χ3v) is 3.75. The predicted octanol–water partition coefficient (Wildman–Crippen LogP) is 5.17. The summed E-state index contributed by atoms with van der Waals surface area (Å²) >= 11 is 12.0. The Morgan fingerprint density at radius 1 is 0.708 bits per heavy atom. The van der Waals surface area contributed by atoms with Crippen molar-refractivity contribution in [3.63, 3.8) is 0 Å². The molecule has 6 heteroatoms. The minimum atomic E-state index is 0.512. The van der Waals surface area contributed by atoms with E-state index >= 15 is 0 Å². The second kappa shape index (κ2) is 10.7. The van der Waals surface area contributed by atoms with Crippen LogP contribution < -0.4 is 0 Å². The molecule has 0 amide bonds. The van der Waals surface area contributed by atoms with Crippen LogP contribution in [0.5, 0.6) is 0 Å². The minimum absolute atomic E-state index is 0.512. The smallest absolute Gasteiger partial charge is 0.117 e. The fraction of sp³-hybridized carbons (Fsp3) is 0.222. The minimum Gasteiger partial charge on any atom is -0.396 e. The summed E-state index contributed by atoms with van der Waals surface area (Å²) in [6.45, 7) is 1.02. The highest BCUT2D eigenvalue weighted by molar-refractivity contribution is 6.33. The zero-order chi connectivity index (χ0) is 17.0. The van der Waals surface area contributed by atoms with Crippen molar-refractivity contribution in [2.75, 3.05) is 13.2 Å². The van der Waals surface area contributed by atoms with Gasteiger partial charge in [0.15, 0.2) is 0 Å². The molecule has 0 N–H and O–H groups in total. The zero-order valence-electron chi connectivity index (χ0n) is 13.1. The molecule has 2 aromatic carbocycles. The van der Waals surface area contributed by atoms with Gasteiger partial charge < -0.3 is 9.68 Å². The van der Waals surface area contributed by atoms with Crippen LogP contribution in [-0.4, -0.2) is 25.6 Å². The summed E-state index contributed by atoms with van der Waals surface area (Å²) in [6.07, 6.45) is 4.85. The Morgan fingerprint density at radius 3 is 1.54 bits per heavy atom. The van der Waals surface area contributed by atoms with Gasteiger partial charge in [-0.3, -0.25) is 0 Å². The monoisotopic (exact) mass is 364 g/mol. The molecular weight excluding hydrogens is 347 g/mol. The van der Waals surface area contributed by atoms with E-state index in [0.717, 1.165) is 24.0 Å². The van der Waals surface area contributed by atoms with Crippen molar-refractivity contribution in [2.24, 2.45) is 10.3 Å². The average Bonchev–Trinajstić information content (AvgIpc) is 2.59. The van der Waals surface area contributed by atoms with Gasteiger partial charge in [-0.25, -0.2) is 0 Å². The number of benzene rings is 2. The first-order chi connectivity index (χ1) is 11.8. The van der Waals surface area contributed by atoms with E-state index in [-0.39, 0.29) is 0 Å². The number of hydrogen-bond acceptors (Lipinski definition) is 4. The lowest BCUT2D eigenvalue weighted by molar-refractivity contribution is 0.112. The van der Waals surface area contributed by atoms with Gasteiger partial charge in [0.2, 0.25) is 0 Å². The van der Waals surface area contributed by atoms with Crippen LogP contribution >= 0.6 is 23.2 Å². The lowest BCUT2D eigenvalue weighted by Crippen LogP contribution is -1.94. The third-order valence-electron chi connectivity index (χ3n) is 3.06. The summed E-state index contributed by atoms with van der Waals surface area (Å²) in [7, 11) is 0. The fourth-order valence-corrected chi connectivity index (χ4v) is 2.16. The lowest BCUT2D eigenvalue weighted by atomic mass is 10.2. The second-order valence-corrected chi connectivity index (χ2v) is 5.70. The van der Waals surface area contributed by atoms with E-state index in [2.05, 4.69) is 10.3 Å². The molecule has 0 saturated heterocycles. The van der Waals surface area contributed by atoms with E-state index in [4.69, 9.17) is 32.9 Å². The van der Waals surface area contributed by atoms with Crippen LogP contribution in [0.3, 0.4) is 0 Å². The van der Waals surface area contributed by atoms with Crippen molar-refractivity contribution in [1.29, 1.82) is 0 Å². The number of hydrogen-bond donors (Lipinski definition) is 0. The van der Waals surface area contributed by atoms with Gasteiger partial charge in [0.05, 0.1) is 12.4 Å². The summed E-state index contributed by atoms with van der Waals surface area (Å²) in [4.78, 5) is 10.4. The molecule has 0 aromatic heterocycles. The first-order valence-electron chi connectivity index (χ1n) is 7.57. The Bertz CT molecular complexity index is 631. The Kier molecular flexibility index (Phi) is 8.15. The average molecular weight is 365 g/mol. The normalized spacial score (nSPS) is 11.2. The van der Waals surface area contributed by atoms with Gasteiger partial charge >= 0.3 is 0 Å². The zero-order valence-corrected chi connectivity index (χ0v) is 14.6. The van der Waals surface area contributed by atoms with Crippen LogP contribution in [0.2, 0.25) is 10.0 Å². The lowest BCUT2D eigenvalue weighted by Gasteiger charge is -2.01. The quantitative estimate of drug-likeness (QED) is 0.349. The molecule has 0 aliphatic carbocycles. The molecule has 2 aromatic rings. The maximum atomic E-state index is 6.00. The Morgan fingerprint density at radius 2 is 1.12 bits per heavy atom. The van der Waals surface area contributed by atoms with Gasteiger partial charge in [0.1, 0.15) is 13.2 Å². The van der Waals surface area contributed by atoms with Crippen LogP contribution in [0.15, 0.2) is 58.8 Å². The molecule has 0 bridgehead atoms. The number of oxime groups is 2. The van der Waals surface area contributed by atoms with Gasteiger partial charge in [0, 0.05) is 21.2 Å². The van der Waals surface area contributed by atoms with E-state index in [9.17, 15) is 0 Å². The molecule has 0 fully saturated rings. The maximum Gasteiger partial charge on any atom is 0.117 e. The highest BCUT2D eigenvalue weighted by atomic mass is 35.5. The van der Waals surface area contributed by atoms with Crippen LogP contribution in [0.4, 0.5) is 0 Å². The predicted molar refractivity (Wildman–Crippen MR) is 99.2 cm³/mol. The molecule has 0 spiro atoms. The summed E-state index contributed by atoms with van der Waals surface area (Å²) in [5.74, 6) is 0. The highest BCUT2D eigenvalue weighted by Crippen LogP contribution is 2.13. The van der Waals surface area contributed by atoms with Crippen LogP contribution in [0, 0.1) is 0 Å². The summed E-state index contributed by atoms with van der Waals surface area (Å²) in [5, 5.41) is 9.08. The van der Waals surface area contributed by atoms with E-state index in [1.165, 1.54) is 0 Å². The summed E-state index contributed by atoms with van der Waals surface area (Å²) in [5.41, 5.74) is 1.66. The number of halogens is 2.